The third-order valence-electron chi connectivity index (χ3n) is 3.33. The Balaban J connectivity index is 1.86. The third-order valence-corrected chi connectivity index (χ3v) is 3.33. The van der Waals surface area contributed by atoms with Gasteiger partial charge in [-0.3, -0.25) is 9.59 Å². The molecule has 1 aromatic carbocycles. The fraction of sp³-hybridized carbons (Fsp3) is 0.429. The van der Waals surface area contributed by atoms with Gasteiger partial charge in [-0.05, 0) is 25.0 Å². The first-order chi connectivity index (χ1) is 9.99. The van der Waals surface area contributed by atoms with E-state index in [1.807, 2.05) is 0 Å². The number of hydrogen-bond donors (Lipinski definition) is 1. The van der Waals surface area contributed by atoms with Crippen LogP contribution in [-0.4, -0.2) is 36.3 Å². The number of hydrogen-bond acceptors (Lipinski definition) is 2. The molecule has 2 rings (SSSR count). The van der Waals surface area contributed by atoms with Gasteiger partial charge in [0.1, 0.15) is 0 Å². The molecule has 1 aliphatic rings. The van der Waals surface area contributed by atoms with Crippen LogP contribution in [0.3, 0.4) is 0 Å². The Labute approximate surface area is 119 Å². The summed E-state index contributed by atoms with van der Waals surface area (Å²) in [5.41, 5.74) is -0.319. The van der Waals surface area contributed by atoms with Crippen molar-refractivity contribution >= 4 is 11.8 Å². The molecule has 1 aliphatic heterocycles. The molecule has 2 amide bonds. The molecule has 0 spiro atoms. The summed E-state index contributed by atoms with van der Waals surface area (Å²) < 4.78 is 38.8. The Morgan fingerprint density at radius 1 is 1.10 bits per heavy atom. The average molecular weight is 300 g/mol. The molecule has 4 nitrogen and oxygen atoms in total. The van der Waals surface area contributed by atoms with Gasteiger partial charge in [0, 0.05) is 31.6 Å². The summed E-state index contributed by atoms with van der Waals surface area (Å²) in [6.45, 7) is 1.51. The number of rotatable bonds is 4. The molecule has 21 heavy (non-hydrogen) atoms. The summed E-state index contributed by atoms with van der Waals surface area (Å²) in [7, 11) is 0. The van der Waals surface area contributed by atoms with Crippen molar-refractivity contribution in [3.8, 4) is 0 Å². The number of halogens is 3. The minimum absolute atomic E-state index is 0.0643. The van der Waals surface area contributed by atoms with Gasteiger partial charge in [0.05, 0.1) is 0 Å². The second-order valence-corrected chi connectivity index (χ2v) is 4.85. The number of amides is 2. The molecule has 0 aliphatic carbocycles. The minimum atomic E-state index is -1.62. The largest absolute Gasteiger partial charge is 0.352 e. The Morgan fingerprint density at radius 2 is 1.67 bits per heavy atom. The minimum Gasteiger partial charge on any atom is -0.352 e. The lowest BCUT2D eigenvalue weighted by Crippen LogP contribution is -2.32. The summed E-state index contributed by atoms with van der Waals surface area (Å²) >= 11 is 0. The molecule has 114 valence electrons. The first-order valence-corrected chi connectivity index (χ1v) is 6.69. The van der Waals surface area contributed by atoms with Crippen LogP contribution in [0.4, 0.5) is 13.2 Å². The molecular weight excluding hydrogens is 285 g/mol. The van der Waals surface area contributed by atoms with Gasteiger partial charge in [-0.15, -0.1) is 0 Å². The van der Waals surface area contributed by atoms with E-state index < -0.39 is 23.4 Å². The molecule has 0 unspecified atom stereocenters. The molecule has 1 aromatic rings. The predicted molar refractivity (Wildman–Crippen MR) is 69.1 cm³/mol. The van der Waals surface area contributed by atoms with Gasteiger partial charge in [-0.1, -0.05) is 0 Å². The van der Waals surface area contributed by atoms with E-state index >= 15 is 0 Å². The van der Waals surface area contributed by atoms with Crippen molar-refractivity contribution in [3.63, 3.8) is 0 Å². The zero-order valence-corrected chi connectivity index (χ0v) is 11.3. The van der Waals surface area contributed by atoms with Gasteiger partial charge >= 0.3 is 0 Å². The van der Waals surface area contributed by atoms with Crippen LogP contribution < -0.4 is 5.32 Å². The van der Waals surface area contributed by atoms with Gasteiger partial charge in [-0.25, -0.2) is 13.2 Å². The third kappa shape index (κ3) is 3.74. The summed E-state index contributed by atoms with van der Waals surface area (Å²) in [5.74, 6) is -5.27. The molecule has 0 bridgehead atoms. The van der Waals surface area contributed by atoms with E-state index in [9.17, 15) is 22.8 Å². The van der Waals surface area contributed by atoms with E-state index in [0.717, 1.165) is 25.9 Å². The van der Waals surface area contributed by atoms with E-state index in [1.165, 1.54) is 0 Å². The Kier molecular flexibility index (Phi) is 4.82. The standard InChI is InChI=1S/C14H15F3N2O2/c15-10-7-9(8-11(16)13(10)17)14(21)18-4-3-12(20)19-5-1-2-6-19/h7-8H,1-6H2,(H,18,21). The van der Waals surface area contributed by atoms with Gasteiger partial charge in [0.25, 0.3) is 5.91 Å². The Morgan fingerprint density at radius 3 is 2.24 bits per heavy atom. The summed E-state index contributed by atoms with van der Waals surface area (Å²) in [6.07, 6.45) is 2.08. The van der Waals surface area contributed by atoms with Gasteiger partial charge in [-0.2, -0.15) is 0 Å². The Hall–Kier alpha value is -2.05. The normalized spacial score (nSPS) is 14.3. The fourth-order valence-electron chi connectivity index (χ4n) is 2.20. The van der Waals surface area contributed by atoms with Crippen LogP contribution in [0.1, 0.15) is 29.6 Å². The van der Waals surface area contributed by atoms with Crippen LogP contribution in [0.25, 0.3) is 0 Å². The molecule has 0 radical (unpaired) electrons. The van der Waals surface area contributed by atoms with Crippen molar-refractivity contribution in [1.82, 2.24) is 10.2 Å². The summed E-state index contributed by atoms with van der Waals surface area (Å²) in [4.78, 5) is 25.1. The van der Waals surface area contributed by atoms with Gasteiger partial charge in [0.15, 0.2) is 17.5 Å². The van der Waals surface area contributed by atoms with Gasteiger partial charge in [0.2, 0.25) is 5.91 Å². The van der Waals surface area contributed by atoms with Crippen LogP contribution >= 0.6 is 0 Å². The van der Waals surface area contributed by atoms with Crippen molar-refractivity contribution in [1.29, 1.82) is 0 Å². The zero-order valence-electron chi connectivity index (χ0n) is 11.3. The lowest BCUT2D eigenvalue weighted by molar-refractivity contribution is -0.129. The van der Waals surface area contributed by atoms with Crippen LogP contribution in [0, 0.1) is 17.5 Å². The molecule has 1 fully saturated rings. The van der Waals surface area contributed by atoms with Crippen molar-refractivity contribution in [3.05, 3.63) is 35.1 Å². The lowest BCUT2D eigenvalue weighted by Gasteiger charge is -2.15. The number of carbonyl (C=O) groups excluding carboxylic acids is 2. The zero-order chi connectivity index (χ0) is 15.4. The van der Waals surface area contributed by atoms with E-state index in [-0.39, 0.29) is 24.4 Å². The second-order valence-electron chi connectivity index (χ2n) is 4.85. The molecule has 1 saturated heterocycles. The number of benzene rings is 1. The monoisotopic (exact) mass is 300 g/mol. The van der Waals surface area contributed by atoms with E-state index in [0.29, 0.717) is 12.1 Å². The first kappa shape index (κ1) is 15.3. The highest BCUT2D eigenvalue weighted by atomic mass is 19.2. The predicted octanol–water partition coefficient (Wildman–Crippen LogP) is 1.85. The Bertz CT molecular complexity index is 534. The maximum Gasteiger partial charge on any atom is 0.251 e. The molecule has 1 N–H and O–H groups in total. The van der Waals surface area contributed by atoms with E-state index in [2.05, 4.69) is 5.32 Å². The molecule has 7 heteroatoms. The van der Waals surface area contributed by atoms with Gasteiger partial charge < -0.3 is 10.2 Å². The highest BCUT2D eigenvalue weighted by Gasteiger charge is 2.18. The number of likely N-dealkylation sites (tertiary alicyclic amines) is 1. The van der Waals surface area contributed by atoms with E-state index in [4.69, 9.17) is 0 Å². The molecule has 0 saturated carbocycles. The maximum atomic E-state index is 13.0. The van der Waals surface area contributed by atoms with Crippen LogP contribution in [0.5, 0.6) is 0 Å². The van der Waals surface area contributed by atoms with Crippen molar-refractivity contribution in [2.45, 2.75) is 19.3 Å². The van der Waals surface area contributed by atoms with E-state index in [1.54, 1.807) is 4.90 Å². The molecular formula is C14H15F3N2O2. The molecule has 0 atom stereocenters. The highest BCUT2D eigenvalue weighted by Crippen LogP contribution is 2.13. The molecule has 0 aromatic heterocycles. The SMILES string of the molecule is O=C(NCCC(=O)N1CCCC1)c1cc(F)c(F)c(F)c1. The highest BCUT2D eigenvalue weighted by molar-refractivity contribution is 5.94. The summed E-state index contributed by atoms with van der Waals surface area (Å²) in [5, 5.41) is 2.39. The number of nitrogens with one attached hydrogen (secondary N) is 1. The first-order valence-electron chi connectivity index (χ1n) is 6.69. The fourth-order valence-corrected chi connectivity index (χ4v) is 2.20. The second kappa shape index (κ2) is 6.60. The quantitative estimate of drug-likeness (QED) is 0.863. The van der Waals surface area contributed by atoms with Crippen molar-refractivity contribution < 1.29 is 22.8 Å². The number of carbonyl (C=O) groups is 2. The van der Waals surface area contributed by atoms with Crippen molar-refractivity contribution in [2.75, 3.05) is 19.6 Å². The summed E-state index contributed by atoms with van der Waals surface area (Å²) in [6, 6.07) is 1.24. The van der Waals surface area contributed by atoms with Crippen LogP contribution in [-0.2, 0) is 4.79 Å². The lowest BCUT2D eigenvalue weighted by atomic mass is 10.2. The smallest absolute Gasteiger partial charge is 0.251 e. The van der Waals surface area contributed by atoms with Crippen LogP contribution in [0.2, 0.25) is 0 Å². The topological polar surface area (TPSA) is 49.4 Å². The number of nitrogens with zero attached hydrogens (tertiary/aromatic N) is 1. The average Bonchev–Trinajstić information content (AvgIpc) is 2.98. The molecule has 1 heterocycles. The van der Waals surface area contributed by atoms with Crippen molar-refractivity contribution in [2.24, 2.45) is 0 Å². The maximum absolute atomic E-state index is 13.0. The van der Waals surface area contributed by atoms with Crippen LogP contribution in [0.15, 0.2) is 12.1 Å².